The van der Waals surface area contributed by atoms with Crippen molar-refractivity contribution in [3.63, 3.8) is 0 Å². The average molecular weight is 179 g/mol. The molecule has 1 rings (SSSR count). The lowest BCUT2D eigenvalue weighted by Gasteiger charge is -2.08. The summed E-state index contributed by atoms with van der Waals surface area (Å²) in [5.74, 6) is 0. The number of hydrogen-bond donors (Lipinski definition) is 0. The lowest BCUT2D eigenvalue weighted by atomic mass is 10.3. The van der Waals surface area contributed by atoms with Crippen molar-refractivity contribution in [1.82, 2.24) is 9.78 Å². The summed E-state index contributed by atoms with van der Waals surface area (Å²) in [6.45, 7) is 4.47. The molecule has 0 aliphatic heterocycles. The molecule has 0 saturated carbocycles. The summed E-state index contributed by atoms with van der Waals surface area (Å²) in [7, 11) is 1.66. The molecule has 0 radical (unpaired) electrons. The normalized spacial score (nSPS) is 12.5. The van der Waals surface area contributed by atoms with E-state index in [0.717, 1.165) is 5.69 Å². The minimum absolute atomic E-state index is 0.117. The van der Waals surface area contributed by atoms with E-state index in [9.17, 15) is 0 Å². The van der Waals surface area contributed by atoms with Gasteiger partial charge in [0.05, 0.1) is 23.9 Å². The lowest BCUT2D eigenvalue weighted by Crippen LogP contribution is -2.14. The molecule has 4 heteroatoms. The van der Waals surface area contributed by atoms with Crippen molar-refractivity contribution in [3.8, 4) is 6.07 Å². The van der Waals surface area contributed by atoms with Crippen molar-refractivity contribution in [1.29, 1.82) is 5.26 Å². The standard InChI is InChI=1S/C9H13N3O/c1-7(13-3)5-12-6-9(4-10)8(2)11-12/h6-7H,5H2,1-3H3. The molecule has 1 aromatic heterocycles. The summed E-state index contributed by atoms with van der Waals surface area (Å²) in [6, 6.07) is 2.08. The van der Waals surface area contributed by atoms with Crippen LogP contribution in [0.5, 0.6) is 0 Å². The van der Waals surface area contributed by atoms with Crippen LogP contribution in [0.4, 0.5) is 0 Å². The minimum atomic E-state index is 0.117. The van der Waals surface area contributed by atoms with Crippen LogP contribution in [0.3, 0.4) is 0 Å². The van der Waals surface area contributed by atoms with Gasteiger partial charge in [0, 0.05) is 13.3 Å². The van der Waals surface area contributed by atoms with Crippen molar-refractivity contribution in [2.24, 2.45) is 0 Å². The third-order valence-electron chi connectivity index (χ3n) is 1.91. The van der Waals surface area contributed by atoms with Gasteiger partial charge in [-0.25, -0.2) is 0 Å². The van der Waals surface area contributed by atoms with Gasteiger partial charge in [-0.3, -0.25) is 4.68 Å². The van der Waals surface area contributed by atoms with Gasteiger partial charge in [-0.2, -0.15) is 10.4 Å². The monoisotopic (exact) mass is 179 g/mol. The Bertz CT molecular complexity index is 324. The Morgan fingerprint density at radius 1 is 1.77 bits per heavy atom. The van der Waals surface area contributed by atoms with E-state index < -0.39 is 0 Å². The molecule has 4 nitrogen and oxygen atoms in total. The van der Waals surface area contributed by atoms with Gasteiger partial charge in [0.1, 0.15) is 6.07 Å². The molecule has 1 heterocycles. The van der Waals surface area contributed by atoms with Crippen LogP contribution in [0.2, 0.25) is 0 Å². The van der Waals surface area contributed by atoms with Crippen molar-refractivity contribution in [3.05, 3.63) is 17.5 Å². The van der Waals surface area contributed by atoms with Crippen LogP contribution in [0, 0.1) is 18.3 Å². The second kappa shape index (κ2) is 4.06. The zero-order valence-electron chi connectivity index (χ0n) is 8.11. The summed E-state index contributed by atoms with van der Waals surface area (Å²) >= 11 is 0. The third-order valence-corrected chi connectivity index (χ3v) is 1.91. The maximum Gasteiger partial charge on any atom is 0.103 e. The van der Waals surface area contributed by atoms with Crippen LogP contribution in [0.1, 0.15) is 18.2 Å². The van der Waals surface area contributed by atoms with E-state index in [4.69, 9.17) is 10.00 Å². The molecule has 0 amide bonds. The van der Waals surface area contributed by atoms with Crippen LogP contribution in [-0.4, -0.2) is 23.0 Å². The number of nitriles is 1. The molecular formula is C9H13N3O. The summed E-state index contributed by atoms with van der Waals surface area (Å²) in [6.07, 6.45) is 1.86. The SMILES string of the molecule is COC(C)Cn1cc(C#N)c(C)n1. The van der Waals surface area contributed by atoms with Gasteiger partial charge in [-0.1, -0.05) is 0 Å². The quantitative estimate of drug-likeness (QED) is 0.698. The van der Waals surface area contributed by atoms with Gasteiger partial charge in [0.25, 0.3) is 0 Å². The highest BCUT2D eigenvalue weighted by molar-refractivity contribution is 5.29. The Balaban J connectivity index is 2.75. The third kappa shape index (κ3) is 2.30. The van der Waals surface area contributed by atoms with Gasteiger partial charge in [0.2, 0.25) is 0 Å². The molecule has 0 N–H and O–H groups in total. The van der Waals surface area contributed by atoms with Crippen LogP contribution >= 0.6 is 0 Å². The number of hydrogen-bond acceptors (Lipinski definition) is 3. The van der Waals surface area contributed by atoms with E-state index in [1.165, 1.54) is 0 Å². The van der Waals surface area contributed by atoms with Crippen molar-refractivity contribution < 1.29 is 4.74 Å². The first kappa shape index (κ1) is 9.75. The number of ether oxygens (including phenoxy) is 1. The fourth-order valence-corrected chi connectivity index (χ4v) is 1.06. The first-order chi connectivity index (χ1) is 6.17. The number of methoxy groups -OCH3 is 1. The van der Waals surface area contributed by atoms with E-state index in [1.54, 1.807) is 18.0 Å². The molecule has 0 bridgehead atoms. The van der Waals surface area contributed by atoms with Crippen LogP contribution < -0.4 is 0 Å². The molecule has 1 atom stereocenters. The highest BCUT2D eigenvalue weighted by atomic mass is 16.5. The molecule has 0 aliphatic carbocycles. The first-order valence-corrected chi connectivity index (χ1v) is 4.14. The molecule has 70 valence electrons. The fraction of sp³-hybridized carbons (Fsp3) is 0.556. The smallest absolute Gasteiger partial charge is 0.103 e. The summed E-state index contributed by atoms with van der Waals surface area (Å²) in [5.41, 5.74) is 1.40. The summed E-state index contributed by atoms with van der Waals surface area (Å²) in [5, 5.41) is 12.9. The van der Waals surface area contributed by atoms with E-state index >= 15 is 0 Å². The van der Waals surface area contributed by atoms with Gasteiger partial charge < -0.3 is 4.74 Å². The molecular weight excluding hydrogens is 166 g/mol. The highest BCUT2D eigenvalue weighted by Crippen LogP contribution is 2.04. The summed E-state index contributed by atoms with van der Waals surface area (Å²) in [4.78, 5) is 0. The number of aromatic nitrogens is 2. The number of rotatable bonds is 3. The molecule has 0 fully saturated rings. The maximum absolute atomic E-state index is 8.69. The van der Waals surface area contributed by atoms with E-state index in [1.807, 2.05) is 13.8 Å². The molecule has 1 unspecified atom stereocenters. The maximum atomic E-state index is 8.69. The molecule has 0 spiro atoms. The van der Waals surface area contributed by atoms with Gasteiger partial charge in [-0.05, 0) is 13.8 Å². The van der Waals surface area contributed by atoms with Gasteiger partial charge in [-0.15, -0.1) is 0 Å². The zero-order chi connectivity index (χ0) is 9.84. The Labute approximate surface area is 77.7 Å². The topological polar surface area (TPSA) is 50.8 Å². The Kier molecular flexibility index (Phi) is 3.04. The van der Waals surface area contributed by atoms with Crippen LogP contribution in [0.25, 0.3) is 0 Å². The summed E-state index contributed by atoms with van der Waals surface area (Å²) < 4.78 is 6.83. The van der Waals surface area contributed by atoms with Gasteiger partial charge in [0.15, 0.2) is 0 Å². The highest BCUT2D eigenvalue weighted by Gasteiger charge is 2.06. The van der Waals surface area contributed by atoms with Crippen LogP contribution in [0.15, 0.2) is 6.20 Å². The van der Waals surface area contributed by atoms with E-state index in [0.29, 0.717) is 12.1 Å². The van der Waals surface area contributed by atoms with E-state index in [-0.39, 0.29) is 6.10 Å². The van der Waals surface area contributed by atoms with Crippen molar-refractivity contribution in [2.45, 2.75) is 26.5 Å². The fourth-order valence-electron chi connectivity index (χ4n) is 1.06. The second-order valence-electron chi connectivity index (χ2n) is 3.01. The average Bonchev–Trinajstić information content (AvgIpc) is 2.46. The molecule has 1 aromatic rings. The number of nitrogens with zero attached hydrogens (tertiary/aromatic N) is 3. The number of aryl methyl sites for hydroxylation is 1. The molecule has 13 heavy (non-hydrogen) atoms. The Morgan fingerprint density at radius 3 is 2.92 bits per heavy atom. The second-order valence-corrected chi connectivity index (χ2v) is 3.01. The largest absolute Gasteiger partial charge is 0.380 e. The van der Waals surface area contributed by atoms with Crippen LogP contribution in [-0.2, 0) is 11.3 Å². The molecule has 0 aromatic carbocycles. The Hall–Kier alpha value is -1.34. The molecule has 0 saturated heterocycles. The van der Waals surface area contributed by atoms with Crippen molar-refractivity contribution >= 4 is 0 Å². The van der Waals surface area contributed by atoms with Crippen molar-refractivity contribution in [2.75, 3.05) is 7.11 Å². The molecule has 0 aliphatic rings. The minimum Gasteiger partial charge on any atom is -0.380 e. The predicted molar refractivity (Wildman–Crippen MR) is 48.2 cm³/mol. The predicted octanol–water partition coefficient (Wildman–Crippen LogP) is 1.10. The first-order valence-electron chi connectivity index (χ1n) is 4.14. The Morgan fingerprint density at radius 2 is 2.46 bits per heavy atom. The zero-order valence-corrected chi connectivity index (χ0v) is 8.11. The lowest BCUT2D eigenvalue weighted by molar-refractivity contribution is 0.0997. The van der Waals surface area contributed by atoms with Gasteiger partial charge >= 0.3 is 0 Å². The van der Waals surface area contributed by atoms with E-state index in [2.05, 4.69) is 11.2 Å².